The van der Waals surface area contributed by atoms with Gasteiger partial charge in [0.25, 0.3) is 0 Å². The maximum atomic E-state index is 5.75. The highest BCUT2D eigenvalue weighted by molar-refractivity contribution is 6.18. The highest BCUT2D eigenvalue weighted by atomic mass is 35.5. The molecular formula is C8H12ClN. The van der Waals surface area contributed by atoms with E-state index in [1.54, 1.807) is 0 Å². The van der Waals surface area contributed by atoms with Crippen molar-refractivity contribution in [2.24, 2.45) is 4.99 Å². The van der Waals surface area contributed by atoms with E-state index in [0.29, 0.717) is 5.88 Å². The molecule has 1 nitrogen and oxygen atoms in total. The number of rotatable bonds is 1. The molecule has 1 atom stereocenters. The number of aliphatic imine (C=N–C) groups is 1. The summed E-state index contributed by atoms with van der Waals surface area (Å²) in [6.07, 6.45) is 5.13. The minimum Gasteiger partial charge on any atom is -0.282 e. The normalized spacial score (nSPS) is 32.1. The van der Waals surface area contributed by atoms with E-state index in [1.165, 1.54) is 0 Å². The SMILES string of the molecule is CC1=NC(C)(CCl)CC=C1. The van der Waals surface area contributed by atoms with Gasteiger partial charge in [0, 0.05) is 11.6 Å². The predicted molar refractivity (Wildman–Crippen MR) is 46.0 cm³/mol. The quantitative estimate of drug-likeness (QED) is 0.519. The molecule has 1 rings (SSSR count). The number of halogens is 1. The Morgan fingerprint density at radius 1 is 1.80 bits per heavy atom. The first-order valence-corrected chi connectivity index (χ1v) is 3.99. The van der Waals surface area contributed by atoms with Crippen molar-refractivity contribution in [3.8, 4) is 0 Å². The zero-order chi connectivity index (χ0) is 7.61. The van der Waals surface area contributed by atoms with Gasteiger partial charge < -0.3 is 0 Å². The minimum absolute atomic E-state index is 0.0413. The van der Waals surface area contributed by atoms with Crippen LogP contribution in [0.25, 0.3) is 0 Å². The van der Waals surface area contributed by atoms with E-state index in [2.05, 4.69) is 18.0 Å². The third-order valence-electron chi connectivity index (χ3n) is 1.65. The number of dihydropyridines is 1. The van der Waals surface area contributed by atoms with Crippen LogP contribution in [0.15, 0.2) is 17.1 Å². The number of hydrogen-bond donors (Lipinski definition) is 0. The van der Waals surface area contributed by atoms with E-state index in [4.69, 9.17) is 11.6 Å². The smallest absolute Gasteiger partial charge is 0.0752 e. The summed E-state index contributed by atoms with van der Waals surface area (Å²) in [5.74, 6) is 0.606. The Morgan fingerprint density at radius 3 is 2.90 bits per heavy atom. The second-order valence-electron chi connectivity index (χ2n) is 2.99. The van der Waals surface area contributed by atoms with Crippen molar-refractivity contribution in [3.63, 3.8) is 0 Å². The van der Waals surface area contributed by atoms with Crippen molar-refractivity contribution >= 4 is 17.3 Å². The second kappa shape index (κ2) is 2.75. The summed E-state index contributed by atoms with van der Waals surface area (Å²) < 4.78 is 0. The number of nitrogens with zero attached hydrogens (tertiary/aromatic N) is 1. The molecule has 1 aliphatic heterocycles. The summed E-state index contributed by atoms with van der Waals surface area (Å²) in [6.45, 7) is 4.08. The van der Waals surface area contributed by atoms with Crippen LogP contribution in [0.5, 0.6) is 0 Å². The van der Waals surface area contributed by atoms with Crippen molar-refractivity contribution in [2.75, 3.05) is 5.88 Å². The van der Waals surface area contributed by atoms with Crippen LogP contribution in [0.4, 0.5) is 0 Å². The summed E-state index contributed by atoms with van der Waals surface area (Å²) in [4.78, 5) is 4.43. The van der Waals surface area contributed by atoms with Crippen LogP contribution >= 0.6 is 11.6 Å². The molecule has 0 spiro atoms. The van der Waals surface area contributed by atoms with Crippen molar-refractivity contribution in [3.05, 3.63) is 12.2 Å². The van der Waals surface area contributed by atoms with Crippen LogP contribution in [-0.2, 0) is 0 Å². The van der Waals surface area contributed by atoms with E-state index in [0.717, 1.165) is 12.1 Å². The van der Waals surface area contributed by atoms with Crippen LogP contribution in [-0.4, -0.2) is 17.1 Å². The summed E-state index contributed by atoms with van der Waals surface area (Å²) >= 11 is 5.75. The monoisotopic (exact) mass is 157 g/mol. The van der Waals surface area contributed by atoms with E-state index in [-0.39, 0.29) is 5.54 Å². The van der Waals surface area contributed by atoms with Crippen molar-refractivity contribution in [1.29, 1.82) is 0 Å². The Kier molecular flexibility index (Phi) is 2.14. The molecule has 0 aromatic rings. The highest BCUT2D eigenvalue weighted by Crippen LogP contribution is 2.21. The summed E-state index contributed by atoms with van der Waals surface area (Å²) in [5, 5.41) is 0. The van der Waals surface area contributed by atoms with E-state index in [1.807, 2.05) is 13.0 Å². The zero-order valence-corrected chi connectivity index (χ0v) is 7.15. The fraction of sp³-hybridized carbons (Fsp3) is 0.625. The average Bonchev–Trinajstić information content (AvgIpc) is 1.88. The van der Waals surface area contributed by atoms with Gasteiger partial charge in [-0.25, -0.2) is 0 Å². The maximum absolute atomic E-state index is 5.75. The molecule has 0 saturated carbocycles. The third kappa shape index (κ3) is 1.60. The van der Waals surface area contributed by atoms with Gasteiger partial charge >= 0.3 is 0 Å². The van der Waals surface area contributed by atoms with Gasteiger partial charge in [-0.05, 0) is 26.3 Å². The maximum Gasteiger partial charge on any atom is 0.0752 e. The molecular weight excluding hydrogens is 146 g/mol. The molecule has 0 saturated heterocycles. The van der Waals surface area contributed by atoms with E-state index in [9.17, 15) is 0 Å². The topological polar surface area (TPSA) is 12.4 Å². The zero-order valence-electron chi connectivity index (χ0n) is 6.39. The summed E-state index contributed by atoms with van der Waals surface area (Å²) in [6, 6.07) is 0. The van der Waals surface area contributed by atoms with Crippen molar-refractivity contribution < 1.29 is 0 Å². The lowest BCUT2D eigenvalue weighted by Gasteiger charge is -2.23. The van der Waals surface area contributed by atoms with Gasteiger partial charge in [-0.1, -0.05) is 6.08 Å². The van der Waals surface area contributed by atoms with Gasteiger partial charge in [-0.15, -0.1) is 11.6 Å². The lowest BCUT2D eigenvalue weighted by molar-refractivity contribution is 0.533. The number of alkyl halides is 1. The Labute approximate surface area is 66.8 Å². The average molecular weight is 158 g/mol. The first-order valence-electron chi connectivity index (χ1n) is 3.45. The first-order chi connectivity index (χ1) is 4.66. The Morgan fingerprint density at radius 2 is 2.50 bits per heavy atom. The molecule has 0 amide bonds. The second-order valence-corrected chi connectivity index (χ2v) is 3.26. The molecule has 0 bridgehead atoms. The Balaban J connectivity index is 2.76. The van der Waals surface area contributed by atoms with Gasteiger partial charge in [0.1, 0.15) is 0 Å². The largest absolute Gasteiger partial charge is 0.282 e. The fourth-order valence-corrected chi connectivity index (χ4v) is 1.25. The molecule has 1 heterocycles. The molecule has 2 heteroatoms. The van der Waals surface area contributed by atoms with E-state index < -0.39 is 0 Å². The van der Waals surface area contributed by atoms with Crippen LogP contribution < -0.4 is 0 Å². The highest BCUT2D eigenvalue weighted by Gasteiger charge is 2.21. The predicted octanol–water partition coefficient (Wildman–Crippen LogP) is 2.40. The van der Waals surface area contributed by atoms with Gasteiger partial charge in [0.15, 0.2) is 0 Å². The molecule has 0 N–H and O–H groups in total. The first kappa shape index (κ1) is 7.80. The minimum atomic E-state index is -0.0413. The van der Waals surface area contributed by atoms with Crippen LogP contribution in [0.1, 0.15) is 20.3 Å². The van der Waals surface area contributed by atoms with Crippen molar-refractivity contribution in [2.45, 2.75) is 25.8 Å². The number of hydrogen-bond acceptors (Lipinski definition) is 1. The summed E-state index contributed by atoms with van der Waals surface area (Å²) in [7, 11) is 0. The van der Waals surface area contributed by atoms with Gasteiger partial charge in [0.05, 0.1) is 5.54 Å². The molecule has 0 fully saturated rings. The van der Waals surface area contributed by atoms with Crippen molar-refractivity contribution in [1.82, 2.24) is 0 Å². The molecule has 1 unspecified atom stereocenters. The molecule has 1 aliphatic rings. The van der Waals surface area contributed by atoms with Gasteiger partial charge in [0.2, 0.25) is 0 Å². The standard InChI is InChI=1S/C8H12ClN/c1-7-4-3-5-8(2,6-9)10-7/h3-4H,5-6H2,1-2H3. The van der Waals surface area contributed by atoms with Crippen LogP contribution in [0, 0.1) is 0 Å². The Bertz CT molecular complexity index is 184. The molecule has 0 aromatic heterocycles. The molecule has 0 radical (unpaired) electrons. The molecule has 0 aliphatic carbocycles. The molecule has 56 valence electrons. The van der Waals surface area contributed by atoms with Crippen LogP contribution in [0.3, 0.4) is 0 Å². The third-order valence-corrected chi connectivity index (χ3v) is 2.23. The molecule has 10 heavy (non-hydrogen) atoms. The summed E-state index contributed by atoms with van der Waals surface area (Å²) in [5.41, 5.74) is 1.04. The van der Waals surface area contributed by atoms with Crippen LogP contribution in [0.2, 0.25) is 0 Å². The van der Waals surface area contributed by atoms with E-state index >= 15 is 0 Å². The lowest BCUT2D eigenvalue weighted by atomic mass is 9.98. The lowest BCUT2D eigenvalue weighted by Crippen LogP contribution is -2.26. The number of allylic oxidation sites excluding steroid dienone is 1. The molecule has 0 aromatic carbocycles. The fourth-order valence-electron chi connectivity index (χ4n) is 1.08. The Hall–Kier alpha value is -0.300. The van der Waals surface area contributed by atoms with Gasteiger partial charge in [-0.3, -0.25) is 4.99 Å². The van der Waals surface area contributed by atoms with Gasteiger partial charge in [-0.2, -0.15) is 0 Å².